The molecule has 0 saturated heterocycles. The minimum absolute atomic E-state index is 0.833. The van der Waals surface area contributed by atoms with Crippen molar-refractivity contribution in [2.45, 2.75) is 4.90 Å². The Kier molecular flexibility index (Phi) is 4.20. The highest BCUT2D eigenvalue weighted by Gasteiger charge is 1.96. The molecule has 0 aliphatic carbocycles. The fraction of sp³-hybridized carbons (Fsp3) is 0.250. The first kappa shape index (κ1) is 9.30. The average Bonchev–Trinajstić information content (AvgIpc) is 2.03. The van der Waals surface area contributed by atoms with E-state index in [1.54, 1.807) is 11.8 Å². The predicted molar refractivity (Wildman–Crippen MR) is 56.0 cm³/mol. The second-order valence-electron chi connectivity index (χ2n) is 2.00. The zero-order valence-electron chi connectivity index (χ0n) is 5.96. The van der Waals surface area contributed by atoms with Crippen LogP contribution in [0.4, 0.5) is 0 Å². The van der Waals surface area contributed by atoms with Crippen LogP contribution in [-0.4, -0.2) is 11.5 Å². The largest absolute Gasteiger partial charge is 0.178 e. The van der Waals surface area contributed by atoms with Gasteiger partial charge in [-0.25, -0.2) is 0 Å². The van der Waals surface area contributed by atoms with Crippen molar-refractivity contribution in [3.05, 3.63) is 29.3 Å². The Morgan fingerprint density at radius 1 is 1.36 bits per heavy atom. The van der Waals surface area contributed by atoms with Crippen molar-refractivity contribution in [3.63, 3.8) is 0 Å². The molecule has 1 aromatic carbocycles. The van der Waals surface area contributed by atoms with Gasteiger partial charge in [0.2, 0.25) is 0 Å². The second-order valence-corrected chi connectivity index (χ2v) is 3.99. The number of thiol groups is 1. The third-order valence-corrected chi connectivity index (χ3v) is 3.23. The molecule has 3 heteroatoms. The lowest BCUT2D eigenvalue weighted by Crippen LogP contribution is -1.79. The molecule has 0 N–H and O–H groups in total. The number of halogens is 1. The molecule has 0 aromatic heterocycles. The van der Waals surface area contributed by atoms with E-state index < -0.39 is 0 Å². The summed E-state index contributed by atoms with van der Waals surface area (Å²) in [6.07, 6.45) is 0. The lowest BCUT2D eigenvalue weighted by molar-refractivity contribution is 1.44. The van der Waals surface area contributed by atoms with Crippen LogP contribution in [0.3, 0.4) is 0 Å². The van der Waals surface area contributed by atoms with Gasteiger partial charge in [-0.15, -0.1) is 11.8 Å². The van der Waals surface area contributed by atoms with Crippen LogP contribution < -0.4 is 0 Å². The number of benzene rings is 1. The molecule has 0 fully saturated rings. The molecule has 0 nitrogen and oxygen atoms in total. The van der Waals surface area contributed by atoms with E-state index in [9.17, 15) is 0 Å². The number of rotatable bonds is 3. The molecule has 60 valence electrons. The molecule has 0 spiro atoms. The van der Waals surface area contributed by atoms with Gasteiger partial charge in [0.15, 0.2) is 0 Å². The van der Waals surface area contributed by atoms with Crippen LogP contribution in [0.25, 0.3) is 0 Å². The maximum Gasteiger partial charge on any atom is 0.0541 e. The van der Waals surface area contributed by atoms with Crippen molar-refractivity contribution in [3.8, 4) is 0 Å². The molecular formula is C8H9ClS2. The second kappa shape index (κ2) is 4.96. The summed E-state index contributed by atoms with van der Waals surface area (Å²) in [5.41, 5.74) is 0. The quantitative estimate of drug-likeness (QED) is 0.582. The number of thioether (sulfide) groups is 1. The summed E-state index contributed by atoms with van der Waals surface area (Å²) in [4.78, 5) is 1.14. The Labute approximate surface area is 81.7 Å². The van der Waals surface area contributed by atoms with Crippen molar-refractivity contribution >= 4 is 36.0 Å². The highest BCUT2D eigenvalue weighted by Crippen LogP contribution is 2.26. The normalized spacial score (nSPS) is 10.0. The summed E-state index contributed by atoms with van der Waals surface area (Å²) in [6, 6.07) is 7.86. The Morgan fingerprint density at radius 3 is 2.73 bits per heavy atom. The molecule has 1 aromatic rings. The molecule has 0 aliphatic heterocycles. The fourth-order valence-corrected chi connectivity index (χ4v) is 1.98. The van der Waals surface area contributed by atoms with E-state index >= 15 is 0 Å². The summed E-state index contributed by atoms with van der Waals surface area (Å²) in [6.45, 7) is 0. The third-order valence-electron chi connectivity index (χ3n) is 1.19. The number of hydrogen-bond donors (Lipinski definition) is 1. The first-order valence-electron chi connectivity index (χ1n) is 3.33. The molecule has 0 unspecified atom stereocenters. The molecule has 0 saturated carbocycles. The highest BCUT2D eigenvalue weighted by atomic mass is 35.5. The van der Waals surface area contributed by atoms with Gasteiger partial charge in [0.1, 0.15) is 0 Å². The van der Waals surface area contributed by atoms with Crippen LogP contribution in [0, 0.1) is 0 Å². The van der Waals surface area contributed by atoms with Crippen molar-refractivity contribution in [2.24, 2.45) is 0 Å². The van der Waals surface area contributed by atoms with Gasteiger partial charge in [-0.2, -0.15) is 12.6 Å². The van der Waals surface area contributed by atoms with Gasteiger partial charge in [-0.3, -0.25) is 0 Å². The summed E-state index contributed by atoms with van der Waals surface area (Å²) in [5, 5.41) is 0.833. The Hall–Kier alpha value is 0.210. The summed E-state index contributed by atoms with van der Waals surface area (Å²) in [5.74, 6) is 1.89. The minimum atomic E-state index is 0.833. The maximum atomic E-state index is 5.91. The van der Waals surface area contributed by atoms with E-state index in [1.807, 2.05) is 24.3 Å². The zero-order valence-corrected chi connectivity index (χ0v) is 8.42. The van der Waals surface area contributed by atoms with Gasteiger partial charge in [0.05, 0.1) is 5.02 Å². The summed E-state index contributed by atoms with van der Waals surface area (Å²) >= 11 is 11.8. The molecule has 0 amide bonds. The summed E-state index contributed by atoms with van der Waals surface area (Å²) in [7, 11) is 0. The molecule has 0 atom stereocenters. The third kappa shape index (κ3) is 2.97. The Morgan fingerprint density at radius 2 is 2.09 bits per heavy atom. The van der Waals surface area contributed by atoms with Crippen LogP contribution in [0.5, 0.6) is 0 Å². The highest BCUT2D eigenvalue weighted by molar-refractivity contribution is 8.00. The monoisotopic (exact) mass is 204 g/mol. The van der Waals surface area contributed by atoms with Crippen molar-refractivity contribution in [1.82, 2.24) is 0 Å². The number of hydrogen-bond acceptors (Lipinski definition) is 2. The molecule has 1 rings (SSSR count). The van der Waals surface area contributed by atoms with Crippen molar-refractivity contribution in [2.75, 3.05) is 11.5 Å². The van der Waals surface area contributed by atoms with Crippen LogP contribution in [0.15, 0.2) is 29.2 Å². The first-order chi connectivity index (χ1) is 5.34. The minimum Gasteiger partial charge on any atom is -0.178 e. The fourth-order valence-electron chi connectivity index (χ4n) is 0.717. The first-order valence-corrected chi connectivity index (χ1v) is 5.32. The van der Waals surface area contributed by atoms with E-state index in [-0.39, 0.29) is 0 Å². The molecule has 11 heavy (non-hydrogen) atoms. The zero-order chi connectivity index (χ0) is 8.10. The lowest BCUT2D eigenvalue weighted by Gasteiger charge is -2.00. The molecule has 0 bridgehead atoms. The van der Waals surface area contributed by atoms with Gasteiger partial charge in [-0.05, 0) is 17.9 Å². The molecular weight excluding hydrogens is 196 g/mol. The smallest absolute Gasteiger partial charge is 0.0541 e. The van der Waals surface area contributed by atoms with Gasteiger partial charge in [-0.1, -0.05) is 23.7 Å². The standard InChI is InChI=1S/C8H9ClS2/c9-7-3-1-2-4-8(7)11-6-5-10/h1-4,10H,5-6H2. The van der Waals surface area contributed by atoms with E-state index in [2.05, 4.69) is 12.6 Å². The topological polar surface area (TPSA) is 0 Å². The molecule has 0 heterocycles. The van der Waals surface area contributed by atoms with Crippen LogP contribution in [0.1, 0.15) is 0 Å². The molecule has 0 aliphatic rings. The molecule has 0 radical (unpaired) electrons. The van der Waals surface area contributed by atoms with E-state index in [4.69, 9.17) is 11.6 Å². The van der Waals surface area contributed by atoms with E-state index in [0.717, 1.165) is 21.4 Å². The van der Waals surface area contributed by atoms with Crippen LogP contribution in [0.2, 0.25) is 5.02 Å². The lowest BCUT2D eigenvalue weighted by atomic mass is 10.4. The van der Waals surface area contributed by atoms with Crippen LogP contribution >= 0.6 is 36.0 Å². The van der Waals surface area contributed by atoms with E-state index in [0.29, 0.717) is 0 Å². The summed E-state index contributed by atoms with van der Waals surface area (Å²) < 4.78 is 0. The van der Waals surface area contributed by atoms with Gasteiger partial charge < -0.3 is 0 Å². The van der Waals surface area contributed by atoms with Crippen LogP contribution in [-0.2, 0) is 0 Å². The Bertz CT molecular complexity index is 225. The Balaban J connectivity index is 2.62. The SMILES string of the molecule is SCCSc1ccccc1Cl. The van der Waals surface area contributed by atoms with E-state index in [1.165, 1.54) is 0 Å². The van der Waals surface area contributed by atoms with Gasteiger partial charge >= 0.3 is 0 Å². The predicted octanol–water partition coefficient (Wildman–Crippen LogP) is 3.36. The van der Waals surface area contributed by atoms with Crippen molar-refractivity contribution < 1.29 is 0 Å². The van der Waals surface area contributed by atoms with Gasteiger partial charge in [0, 0.05) is 10.6 Å². The average molecular weight is 205 g/mol. The van der Waals surface area contributed by atoms with Gasteiger partial charge in [0.25, 0.3) is 0 Å². The maximum absolute atomic E-state index is 5.91. The van der Waals surface area contributed by atoms with Crippen molar-refractivity contribution in [1.29, 1.82) is 0 Å².